The van der Waals surface area contributed by atoms with Crippen LogP contribution in [0.25, 0.3) is 10.9 Å². The van der Waals surface area contributed by atoms with Crippen molar-refractivity contribution in [1.29, 1.82) is 0 Å². The summed E-state index contributed by atoms with van der Waals surface area (Å²) >= 11 is 0. The smallest absolute Gasteiger partial charge is 0.0749 e. The van der Waals surface area contributed by atoms with Crippen LogP contribution >= 0.6 is 0 Å². The maximum absolute atomic E-state index is 6.36. The van der Waals surface area contributed by atoms with Crippen molar-refractivity contribution in [1.82, 2.24) is 4.98 Å². The van der Waals surface area contributed by atoms with Gasteiger partial charge in [0.1, 0.15) is 0 Å². The Morgan fingerprint density at radius 3 is 2.60 bits per heavy atom. The Hall–Kier alpha value is -1.41. The van der Waals surface area contributed by atoms with Gasteiger partial charge in [-0.25, -0.2) is 0 Å². The Bertz CT molecular complexity index is 516. The molecule has 20 heavy (non-hydrogen) atoms. The van der Waals surface area contributed by atoms with Crippen LogP contribution in [0.2, 0.25) is 0 Å². The highest BCUT2D eigenvalue weighted by Gasteiger charge is 2.10. The Morgan fingerprint density at radius 2 is 1.75 bits per heavy atom. The van der Waals surface area contributed by atoms with Crippen LogP contribution in [0.5, 0.6) is 0 Å². The van der Waals surface area contributed by atoms with Crippen LogP contribution < -0.4 is 5.73 Å². The SMILES string of the molecule is CCCCCCCCC(N)c1cccc2cccnc12. The largest absolute Gasteiger partial charge is 0.324 e. The number of nitrogens with zero attached hydrogens (tertiary/aromatic N) is 1. The molecule has 0 aliphatic heterocycles. The molecule has 0 radical (unpaired) electrons. The van der Waals surface area contributed by atoms with Gasteiger partial charge >= 0.3 is 0 Å². The van der Waals surface area contributed by atoms with Gasteiger partial charge in [0.25, 0.3) is 0 Å². The van der Waals surface area contributed by atoms with Crippen molar-refractivity contribution in [3.8, 4) is 0 Å². The summed E-state index contributed by atoms with van der Waals surface area (Å²) in [6.07, 6.45) is 10.8. The standard InChI is InChI=1S/C18H26N2/c1-2-3-4-5-6-7-13-17(19)16-12-8-10-15-11-9-14-20-18(15)16/h8-12,14,17H,2-7,13,19H2,1H3. The van der Waals surface area contributed by atoms with Crippen molar-refractivity contribution in [2.24, 2.45) is 5.73 Å². The first-order valence-electron chi connectivity index (χ1n) is 7.92. The van der Waals surface area contributed by atoms with Crippen LogP contribution in [-0.2, 0) is 0 Å². The van der Waals surface area contributed by atoms with Gasteiger partial charge in [-0.2, -0.15) is 0 Å². The van der Waals surface area contributed by atoms with Gasteiger partial charge in [-0.05, 0) is 18.1 Å². The predicted molar refractivity (Wildman–Crippen MR) is 86.7 cm³/mol. The molecule has 0 spiro atoms. The van der Waals surface area contributed by atoms with E-state index in [-0.39, 0.29) is 6.04 Å². The third kappa shape index (κ3) is 4.04. The van der Waals surface area contributed by atoms with E-state index in [1.54, 1.807) is 0 Å². The fourth-order valence-corrected chi connectivity index (χ4v) is 2.73. The maximum atomic E-state index is 6.36. The average molecular weight is 270 g/mol. The predicted octanol–water partition coefficient (Wildman–Crippen LogP) is 4.99. The molecule has 1 aromatic heterocycles. The number of aromatic nitrogens is 1. The third-order valence-corrected chi connectivity index (χ3v) is 3.93. The number of pyridine rings is 1. The highest BCUT2D eigenvalue weighted by atomic mass is 14.7. The molecule has 0 aliphatic carbocycles. The number of benzene rings is 1. The van der Waals surface area contributed by atoms with Gasteiger partial charge < -0.3 is 5.73 Å². The van der Waals surface area contributed by atoms with Crippen LogP contribution in [-0.4, -0.2) is 4.98 Å². The first kappa shape index (κ1) is 15.0. The van der Waals surface area contributed by atoms with Crippen LogP contribution in [0.4, 0.5) is 0 Å². The maximum Gasteiger partial charge on any atom is 0.0749 e. The van der Waals surface area contributed by atoms with E-state index < -0.39 is 0 Å². The number of hydrogen-bond donors (Lipinski definition) is 1. The minimum atomic E-state index is 0.111. The molecule has 0 aliphatic rings. The van der Waals surface area contributed by atoms with E-state index >= 15 is 0 Å². The molecule has 108 valence electrons. The summed E-state index contributed by atoms with van der Waals surface area (Å²) in [6, 6.07) is 10.5. The number of unbranched alkanes of at least 4 members (excludes halogenated alkanes) is 5. The van der Waals surface area contributed by atoms with Crippen molar-refractivity contribution in [2.75, 3.05) is 0 Å². The second-order valence-electron chi connectivity index (χ2n) is 5.59. The molecular weight excluding hydrogens is 244 g/mol. The molecule has 0 saturated heterocycles. The normalized spacial score (nSPS) is 12.7. The topological polar surface area (TPSA) is 38.9 Å². The van der Waals surface area contributed by atoms with Gasteiger partial charge in [-0.15, -0.1) is 0 Å². The van der Waals surface area contributed by atoms with Crippen molar-refractivity contribution in [3.05, 3.63) is 42.1 Å². The molecule has 0 fully saturated rings. The van der Waals surface area contributed by atoms with E-state index in [2.05, 4.69) is 36.2 Å². The lowest BCUT2D eigenvalue weighted by Gasteiger charge is -2.14. The molecule has 2 nitrogen and oxygen atoms in total. The Labute approximate surface area is 122 Å². The molecule has 2 N–H and O–H groups in total. The van der Waals surface area contributed by atoms with Crippen molar-refractivity contribution < 1.29 is 0 Å². The van der Waals surface area contributed by atoms with Crippen molar-refractivity contribution in [3.63, 3.8) is 0 Å². The summed E-state index contributed by atoms with van der Waals surface area (Å²) in [4.78, 5) is 4.49. The fraction of sp³-hybridized carbons (Fsp3) is 0.500. The molecule has 0 bridgehead atoms. The van der Waals surface area contributed by atoms with Crippen molar-refractivity contribution >= 4 is 10.9 Å². The Balaban J connectivity index is 1.89. The summed E-state index contributed by atoms with van der Waals surface area (Å²) in [5, 5.41) is 1.18. The molecule has 0 saturated carbocycles. The zero-order valence-corrected chi connectivity index (χ0v) is 12.5. The Morgan fingerprint density at radius 1 is 1.00 bits per heavy atom. The highest BCUT2D eigenvalue weighted by Crippen LogP contribution is 2.24. The lowest BCUT2D eigenvalue weighted by molar-refractivity contribution is 0.548. The van der Waals surface area contributed by atoms with Crippen LogP contribution in [0.15, 0.2) is 36.5 Å². The minimum Gasteiger partial charge on any atom is -0.324 e. The van der Waals surface area contributed by atoms with Crippen LogP contribution in [0, 0.1) is 0 Å². The van der Waals surface area contributed by atoms with Gasteiger partial charge in [0.15, 0.2) is 0 Å². The molecule has 1 heterocycles. The lowest BCUT2D eigenvalue weighted by Crippen LogP contribution is -2.11. The number of nitrogens with two attached hydrogens (primary N) is 1. The first-order chi connectivity index (χ1) is 9.83. The molecule has 0 amide bonds. The van der Waals surface area contributed by atoms with E-state index in [4.69, 9.17) is 5.73 Å². The third-order valence-electron chi connectivity index (χ3n) is 3.93. The molecule has 1 aromatic carbocycles. The summed E-state index contributed by atoms with van der Waals surface area (Å²) < 4.78 is 0. The average Bonchev–Trinajstić information content (AvgIpc) is 2.50. The van der Waals surface area contributed by atoms with E-state index in [1.807, 2.05) is 12.3 Å². The lowest BCUT2D eigenvalue weighted by atomic mass is 9.98. The molecule has 2 heteroatoms. The van der Waals surface area contributed by atoms with E-state index in [0.717, 1.165) is 11.9 Å². The quantitative estimate of drug-likeness (QED) is 0.687. The minimum absolute atomic E-state index is 0.111. The van der Waals surface area contributed by atoms with E-state index in [9.17, 15) is 0 Å². The second kappa shape index (κ2) is 8.01. The molecule has 2 rings (SSSR count). The summed E-state index contributed by atoms with van der Waals surface area (Å²) in [5.41, 5.74) is 8.62. The zero-order valence-electron chi connectivity index (χ0n) is 12.5. The number of hydrogen-bond acceptors (Lipinski definition) is 2. The molecule has 1 unspecified atom stereocenters. The van der Waals surface area contributed by atoms with Gasteiger partial charge in [-0.1, -0.05) is 69.7 Å². The second-order valence-corrected chi connectivity index (χ2v) is 5.59. The first-order valence-corrected chi connectivity index (χ1v) is 7.92. The van der Waals surface area contributed by atoms with Gasteiger partial charge in [-0.3, -0.25) is 4.98 Å². The number of para-hydroxylation sites is 1. The van der Waals surface area contributed by atoms with Gasteiger partial charge in [0, 0.05) is 17.6 Å². The van der Waals surface area contributed by atoms with E-state index in [1.165, 1.54) is 49.5 Å². The number of rotatable bonds is 8. The molecule has 1 atom stereocenters. The van der Waals surface area contributed by atoms with Crippen LogP contribution in [0.1, 0.15) is 63.5 Å². The fourth-order valence-electron chi connectivity index (χ4n) is 2.73. The summed E-state index contributed by atoms with van der Waals surface area (Å²) in [5.74, 6) is 0. The van der Waals surface area contributed by atoms with Crippen molar-refractivity contribution in [2.45, 2.75) is 57.9 Å². The van der Waals surface area contributed by atoms with E-state index in [0.29, 0.717) is 0 Å². The zero-order chi connectivity index (χ0) is 14.2. The monoisotopic (exact) mass is 270 g/mol. The van der Waals surface area contributed by atoms with Gasteiger partial charge in [0.05, 0.1) is 5.52 Å². The highest BCUT2D eigenvalue weighted by molar-refractivity contribution is 5.81. The number of fused-ring (bicyclic) bond motifs is 1. The van der Waals surface area contributed by atoms with Crippen LogP contribution in [0.3, 0.4) is 0 Å². The summed E-state index contributed by atoms with van der Waals surface area (Å²) in [6.45, 7) is 2.25. The van der Waals surface area contributed by atoms with Gasteiger partial charge in [0.2, 0.25) is 0 Å². The molecular formula is C18H26N2. The summed E-state index contributed by atoms with van der Waals surface area (Å²) in [7, 11) is 0. The Kier molecular flexibility index (Phi) is 6.00. The molecule has 2 aromatic rings.